The summed E-state index contributed by atoms with van der Waals surface area (Å²) in [5, 5.41) is 0. The van der Waals surface area contributed by atoms with Crippen LogP contribution in [0.1, 0.15) is 94.9 Å². The van der Waals surface area contributed by atoms with Crippen LogP contribution in [0.4, 0.5) is 17.1 Å². The summed E-state index contributed by atoms with van der Waals surface area (Å²) in [5.41, 5.74) is 12.2. The van der Waals surface area contributed by atoms with Crippen LogP contribution in [-0.4, -0.2) is 0 Å². The van der Waals surface area contributed by atoms with Crippen molar-refractivity contribution in [3.05, 3.63) is 138 Å². The van der Waals surface area contributed by atoms with Gasteiger partial charge in [0.2, 0.25) is 0 Å². The van der Waals surface area contributed by atoms with Crippen molar-refractivity contribution in [2.24, 2.45) is 23.7 Å². The molecule has 1 spiro atoms. The fraction of sp³-hybridized carbons (Fsp3) is 0.375. The van der Waals surface area contributed by atoms with Gasteiger partial charge in [0, 0.05) is 33.5 Å². The summed E-state index contributed by atoms with van der Waals surface area (Å²) in [6, 6.07) is 43.5. The first kappa shape index (κ1) is 30.5. The lowest BCUT2D eigenvalue weighted by molar-refractivity contribution is -0.0452. The van der Waals surface area contributed by atoms with Crippen molar-refractivity contribution in [3.63, 3.8) is 0 Å². The topological polar surface area (TPSA) is 12.5 Å². The van der Waals surface area contributed by atoms with Crippen molar-refractivity contribution in [3.8, 4) is 22.6 Å². The molecule has 252 valence electrons. The Hall–Kier alpha value is -4.30. The molecule has 4 bridgehead atoms. The molecule has 0 unspecified atom stereocenters. The molecule has 0 atom stereocenters. The lowest BCUT2D eigenvalue weighted by Crippen LogP contribution is -2.57. The van der Waals surface area contributed by atoms with Gasteiger partial charge in [-0.2, -0.15) is 0 Å². The van der Waals surface area contributed by atoms with Crippen LogP contribution >= 0.6 is 0 Å². The zero-order valence-corrected chi connectivity index (χ0v) is 30.1. The molecule has 4 saturated carbocycles. The molecule has 2 nitrogen and oxygen atoms in total. The Bertz CT molecular complexity index is 2080. The van der Waals surface area contributed by atoms with Crippen molar-refractivity contribution in [1.29, 1.82) is 0 Å². The van der Waals surface area contributed by atoms with E-state index in [1.165, 1.54) is 95.4 Å². The molecule has 1 aliphatic heterocycles. The predicted octanol–water partition coefficient (Wildman–Crippen LogP) is 13.0. The molecular weight excluding hydrogens is 607 g/mol. The van der Waals surface area contributed by atoms with Crippen LogP contribution in [0.15, 0.2) is 115 Å². The van der Waals surface area contributed by atoms with Gasteiger partial charge in [0.1, 0.15) is 11.5 Å². The van der Waals surface area contributed by atoms with Crippen LogP contribution in [0.25, 0.3) is 11.1 Å². The van der Waals surface area contributed by atoms with E-state index < -0.39 is 0 Å². The molecule has 50 heavy (non-hydrogen) atoms. The molecule has 5 aliphatic carbocycles. The summed E-state index contributed by atoms with van der Waals surface area (Å²) < 4.78 is 7.02. The molecule has 2 heteroatoms. The fourth-order valence-corrected chi connectivity index (χ4v) is 11.7. The second kappa shape index (κ2) is 10.8. The van der Waals surface area contributed by atoms with E-state index in [1.807, 2.05) is 0 Å². The van der Waals surface area contributed by atoms with Crippen LogP contribution in [0.2, 0.25) is 0 Å². The van der Waals surface area contributed by atoms with Gasteiger partial charge in [-0.3, -0.25) is 0 Å². The maximum Gasteiger partial charge on any atom is 0.132 e. The van der Waals surface area contributed by atoms with Gasteiger partial charge in [-0.15, -0.1) is 0 Å². The molecule has 0 aromatic heterocycles. The average Bonchev–Trinajstić information content (AvgIpc) is 3.12. The van der Waals surface area contributed by atoms with Gasteiger partial charge in [0.05, 0.1) is 5.69 Å². The zero-order chi connectivity index (χ0) is 33.8. The Balaban J connectivity index is 1.26. The Kier molecular flexibility index (Phi) is 6.62. The lowest BCUT2D eigenvalue weighted by Gasteiger charge is -2.63. The van der Waals surface area contributed by atoms with E-state index in [0.29, 0.717) is 11.8 Å². The Labute approximate surface area is 298 Å². The summed E-state index contributed by atoms with van der Waals surface area (Å²) in [6.07, 6.45) is 9.22. The monoisotopic (exact) mass is 655 g/mol. The number of hydrogen-bond donors (Lipinski definition) is 0. The van der Waals surface area contributed by atoms with Gasteiger partial charge in [-0.25, -0.2) is 0 Å². The van der Waals surface area contributed by atoms with Crippen molar-refractivity contribution in [1.82, 2.24) is 0 Å². The SMILES string of the molecule is CC1(C)CCC(C)(C)c2cc(N(c3ccccc3)c3cc4c(cc3-c3ccccc3)Oc3ccccc3C43C4CC5CC(C4)CC3C5)ccc21. The number of nitrogens with zero attached hydrogens (tertiary/aromatic N) is 1. The summed E-state index contributed by atoms with van der Waals surface area (Å²) in [5.74, 6) is 5.19. The first-order valence-electron chi connectivity index (χ1n) is 19.2. The minimum Gasteiger partial charge on any atom is -0.457 e. The molecule has 0 radical (unpaired) electrons. The van der Waals surface area contributed by atoms with E-state index in [9.17, 15) is 0 Å². The van der Waals surface area contributed by atoms with Crippen LogP contribution in [0.3, 0.4) is 0 Å². The van der Waals surface area contributed by atoms with Gasteiger partial charge in [0.15, 0.2) is 0 Å². The number of ether oxygens (including phenoxy) is 1. The maximum atomic E-state index is 7.02. The number of benzene rings is 5. The van der Waals surface area contributed by atoms with E-state index in [0.717, 1.165) is 23.3 Å². The molecule has 0 amide bonds. The summed E-state index contributed by atoms with van der Waals surface area (Å²) >= 11 is 0. The minimum absolute atomic E-state index is 0.0220. The number of para-hydroxylation sites is 2. The molecule has 0 N–H and O–H groups in total. The number of anilines is 3. The minimum atomic E-state index is -0.0220. The third kappa shape index (κ3) is 4.39. The fourth-order valence-electron chi connectivity index (χ4n) is 11.7. The Morgan fingerprint density at radius 2 is 1.14 bits per heavy atom. The largest absolute Gasteiger partial charge is 0.457 e. The van der Waals surface area contributed by atoms with Crippen molar-refractivity contribution in [2.75, 3.05) is 4.90 Å². The molecule has 5 aromatic rings. The number of fused-ring (bicyclic) bond motifs is 3. The summed E-state index contributed by atoms with van der Waals surface area (Å²) in [7, 11) is 0. The molecule has 11 rings (SSSR count). The van der Waals surface area contributed by atoms with Crippen LogP contribution in [0, 0.1) is 23.7 Å². The Morgan fingerprint density at radius 1 is 0.520 bits per heavy atom. The summed E-state index contributed by atoms with van der Waals surface area (Å²) in [4.78, 5) is 2.56. The van der Waals surface area contributed by atoms with E-state index in [1.54, 1.807) is 0 Å². The van der Waals surface area contributed by atoms with E-state index in [4.69, 9.17) is 4.74 Å². The highest BCUT2D eigenvalue weighted by Crippen LogP contribution is 2.69. The van der Waals surface area contributed by atoms with E-state index in [2.05, 4.69) is 148 Å². The second-order valence-electron chi connectivity index (χ2n) is 17.7. The van der Waals surface area contributed by atoms with Crippen LogP contribution in [-0.2, 0) is 16.2 Å². The standard InChI is InChI=1S/C48H49NO/c1-46(2)21-22-47(3,4)41-28-37(19-20-39(41)46)49(36-15-9-6-10-16-36)43-30-42-45(29-38(43)33-13-7-5-8-14-33)50-44-18-12-11-17-40(44)48(42)34-24-31-23-32(26-34)27-35(48)25-31/h5-20,28-32,34-35H,21-27H2,1-4H3. The first-order chi connectivity index (χ1) is 24.2. The summed E-state index contributed by atoms with van der Waals surface area (Å²) in [6.45, 7) is 9.73. The highest BCUT2D eigenvalue weighted by Gasteiger charge is 2.61. The smallest absolute Gasteiger partial charge is 0.132 e. The number of hydrogen-bond acceptors (Lipinski definition) is 2. The van der Waals surface area contributed by atoms with Crippen molar-refractivity contribution < 1.29 is 4.74 Å². The van der Waals surface area contributed by atoms with Gasteiger partial charge >= 0.3 is 0 Å². The highest BCUT2D eigenvalue weighted by atomic mass is 16.5. The molecular formula is C48H49NO. The van der Waals surface area contributed by atoms with Gasteiger partial charge in [-0.05, 0) is 139 Å². The quantitative estimate of drug-likeness (QED) is 0.191. The maximum absolute atomic E-state index is 7.02. The van der Waals surface area contributed by atoms with Gasteiger partial charge < -0.3 is 9.64 Å². The average molecular weight is 656 g/mol. The first-order valence-corrected chi connectivity index (χ1v) is 19.2. The predicted molar refractivity (Wildman–Crippen MR) is 206 cm³/mol. The second-order valence-corrected chi connectivity index (χ2v) is 17.7. The van der Waals surface area contributed by atoms with Gasteiger partial charge in [0.25, 0.3) is 0 Å². The number of rotatable bonds is 4. The van der Waals surface area contributed by atoms with Gasteiger partial charge in [-0.1, -0.05) is 100 Å². The Morgan fingerprint density at radius 3 is 1.84 bits per heavy atom. The van der Waals surface area contributed by atoms with Crippen molar-refractivity contribution in [2.45, 2.75) is 88.9 Å². The van der Waals surface area contributed by atoms with Crippen LogP contribution < -0.4 is 9.64 Å². The van der Waals surface area contributed by atoms with Crippen LogP contribution in [0.5, 0.6) is 11.5 Å². The van der Waals surface area contributed by atoms with E-state index >= 15 is 0 Å². The molecule has 4 fully saturated rings. The molecule has 5 aromatic carbocycles. The third-order valence-corrected chi connectivity index (χ3v) is 14.0. The molecule has 1 heterocycles. The molecule has 6 aliphatic rings. The highest BCUT2D eigenvalue weighted by molar-refractivity contribution is 5.90. The van der Waals surface area contributed by atoms with Crippen molar-refractivity contribution >= 4 is 17.1 Å². The van der Waals surface area contributed by atoms with E-state index in [-0.39, 0.29) is 16.2 Å². The lowest BCUT2D eigenvalue weighted by atomic mass is 9.41. The zero-order valence-electron chi connectivity index (χ0n) is 30.1. The molecule has 0 saturated heterocycles. The normalized spacial score (nSPS) is 27.6. The third-order valence-electron chi connectivity index (χ3n) is 14.0.